The lowest BCUT2D eigenvalue weighted by Gasteiger charge is -2.13. The number of ether oxygens (including phenoxy) is 1. The van der Waals surface area contributed by atoms with Gasteiger partial charge in [-0.2, -0.15) is 0 Å². The maximum absolute atomic E-state index is 6.22. The first kappa shape index (κ1) is 19.0. The molecule has 0 aliphatic heterocycles. The van der Waals surface area contributed by atoms with E-state index in [0.29, 0.717) is 19.7 Å². The normalized spacial score (nSPS) is 10.7. The van der Waals surface area contributed by atoms with Crippen LogP contribution in [0.4, 0.5) is 0 Å². The van der Waals surface area contributed by atoms with Crippen LogP contribution in [0.25, 0.3) is 0 Å². The molecule has 0 heterocycles. The van der Waals surface area contributed by atoms with Gasteiger partial charge in [0.05, 0.1) is 0 Å². The fourth-order valence-electron chi connectivity index (χ4n) is 2.65. The number of hydrogen-bond acceptors (Lipinski definition) is 2. The molecule has 1 N–H and O–H groups in total. The van der Waals surface area contributed by atoms with E-state index in [9.17, 15) is 0 Å². The SMILES string of the molecule is Cc1ccc(COc2ccc(Br)cc2CNCc2ccccc2Cl)cc1. The molecule has 0 radical (unpaired) electrons. The van der Waals surface area contributed by atoms with Crippen LogP contribution < -0.4 is 10.1 Å². The molecule has 3 rings (SSSR count). The van der Waals surface area contributed by atoms with Gasteiger partial charge < -0.3 is 10.1 Å². The predicted octanol–water partition coefficient (Wildman–Crippen LogP) is 6.28. The van der Waals surface area contributed by atoms with Gasteiger partial charge in [0, 0.05) is 28.1 Å². The highest BCUT2D eigenvalue weighted by Crippen LogP contribution is 2.24. The zero-order valence-corrected chi connectivity index (χ0v) is 17.0. The summed E-state index contributed by atoms with van der Waals surface area (Å²) in [6, 6.07) is 22.4. The van der Waals surface area contributed by atoms with Crippen LogP contribution in [0.2, 0.25) is 5.02 Å². The summed E-state index contributed by atoms with van der Waals surface area (Å²) in [4.78, 5) is 0. The van der Waals surface area contributed by atoms with Crippen LogP contribution in [0, 0.1) is 6.92 Å². The summed E-state index contributed by atoms with van der Waals surface area (Å²) in [6.07, 6.45) is 0. The van der Waals surface area contributed by atoms with E-state index >= 15 is 0 Å². The maximum atomic E-state index is 6.22. The molecule has 0 saturated carbocycles. The summed E-state index contributed by atoms with van der Waals surface area (Å²) >= 11 is 9.76. The Morgan fingerprint density at radius 1 is 0.923 bits per heavy atom. The van der Waals surface area contributed by atoms with E-state index in [-0.39, 0.29) is 0 Å². The molecule has 0 atom stereocenters. The van der Waals surface area contributed by atoms with Crippen molar-refractivity contribution < 1.29 is 4.74 Å². The first-order valence-corrected chi connectivity index (χ1v) is 9.70. The van der Waals surface area contributed by atoms with Crippen LogP contribution in [0.5, 0.6) is 5.75 Å². The Morgan fingerprint density at radius 3 is 2.42 bits per heavy atom. The van der Waals surface area contributed by atoms with Crippen LogP contribution in [0.3, 0.4) is 0 Å². The number of aryl methyl sites for hydroxylation is 1. The summed E-state index contributed by atoms with van der Waals surface area (Å²) in [6.45, 7) is 4.05. The molecule has 0 bridgehead atoms. The first-order chi connectivity index (χ1) is 12.6. The van der Waals surface area contributed by atoms with Crippen LogP contribution in [0.1, 0.15) is 22.3 Å². The van der Waals surface area contributed by atoms with Gasteiger partial charge in [-0.05, 0) is 42.3 Å². The standard InChI is InChI=1S/C22H21BrClNO/c1-16-6-8-17(9-7-16)15-26-22-11-10-20(23)12-19(22)14-25-13-18-4-2-3-5-21(18)24/h2-12,25H,13-15H2,1H3. The molecule has 0 saturated heterocycles. The third-order valence-corrected chi connectivity index (χ3v) is 4.99. The molecule has 134 valence electrons. The second-order valence-electron chi connectivity index (χ2n) is 6.22. The Hall–Kier alpha value is -1.81. The fraction of sp³-hybridized carbons (Fsp3) is 0.182. The number of rotatable bonds is 7. The zero-order chi connectivity index (χ0) is 18.4. The Morgan fingerprint density at radius 2 is 1.65 bits per heavy atom. The summed E-state index contributed by atoms with van der Waals surface area (Å²) in [5.41, 5.74) is 4.61. The van der Waals surface area contributed by atoms with Crippen molar-refractivity contribution in [1.82, 2.24) is 5.32 Å². The average Bonchev–Trinajstić information content (AvgIpc) is 2.64. The Labute approximate surface area is 168 Å². The van der Waals surface area contributed by atoms with Gasteiger partial charge in [-0.25, -0.2) is 0 Å². The van der Waals surface area contributed by atoms with Crippen LogP contribution in [-0.4, -0.2) is 0 Å². The minimum atomic E-state index is 0.555. The molecule has 26 heavy (non-hydrogen) atoms. The summed E-state index contributed by atoms with van der Waals surface area (Å²) < 4.78 is 7.09. The number of nitrogens with one attached hydrogen (secondary N) is 1. The van der Waals surface area contributed by atoms with Gasteiger partial charge >= 0.3 is 0 Å². The second-order valence-corrected chi connectivity index (χ2v) is 7.54. The van der Waals surface area contributed by atoms with Gasteiger partial charge in [0.2, 0.25) is 0 Å². The molecular weight excluding hydrogens is 410 g/mol. The van der Waals surface area contributed by atoms with Gasteiger partial charge in [-0.15, -0.1) is 0 Å². The maximum Gasteiger partial charge on any atom is 0.124 e. The molecule has 3 aromatic rings. The van der Waals surface area contributed by atoms with Crippen molar-refractivity contribution in [1.29, 1.82) is 0 Å². The molecule has 3 aromatic carbocycles. The van der Waals surface area contributed by atoms with E-state index in [0.717, 1.165) is 31.9 Å². The van der Waals surface area contributed by atoms with Crippen molar-refractivity contribution in [3.05, 3.63) is 98.5 Å². The summed E-state index contributed by atoms with van der Waals surface area (Å²) in [5, 5.41) is 4.23. The highest BCUT2D eigenvalue weighted by atomic mass is 79.9. The molecule has 0 amide bonds. The van der Waals surface area contributed by atoms with Crippen molar-refractivity contribution in [2.75, 3.05) is 0 Å². The lowest BCUT2D eigenvalue weighted by atomic mass is 10.1. The highest BCUT2D eigenvalue weighted by molar-refractivity contribution is 9.10. The fourth-order valence-corrected chi connectivity index (χ4v) is 3.26. The second kappa shape index (κ2) is 9.22. The van der Waals surface area contributed by atoms with E-state index < -0.39 is 0 Å². The van der Waals surface area contributed by atoms with E-state index in [1.807, 2.05) is 36.4 Å². The van der Waals surface area contributed by atoms with Gasteiger partial charge in [0.1, 0.15) is 12.4 Å². The van der Waals surface area contributed by atoms with E-state index in [1.54, 1.807) is 0 Å². The van der Waals surface area contributed by atoms with Gasteiger partial charge in [-0.3, -0.25) is 0 Å². The van der Waals surface area contributed by atoms with Gasteiger partial charge in [0.15, 0.2) is 0 Å². The quantitative estimate of drug-likeness (QED) is 0.476. The number of halogens is 2. The molecule has 0 unspecified atom stereocenters. The minimum absolute atomic E-state index is 0.555. The third kappa shape index (κ3) is 5.34. The van der Waals surface area contributed by atoms with Crippen molar-refractivity contribution in [2.24, 2.45) is 0 Å². The van der Waals surface area contributed by atoms with Crippen LogP contribution in [0.15, 0.2) is 71.2 Å². The molecule has 0 fully saturated rings. The summed E-state index contributed by atoms with van der Waals surface area (Å²) in [5.74, 6) is 0.889. The van der Waals surface area contributed by atoms with E-state index in [2.05, 4.69) is 58.5 Å². The van der Waals surface area contributed by atoms with Gasteiger partial charge in [-0.1, -0.05) is 75.6 Å². The lowest BCUT2D eigenvalue weighted by molar-refractivity contribution is 0.302. The van der Waals surface area contributed by atoms with Crippen molar-refractivity contribution >= 4 is 27.5 Å². The molecule has 2 nitrogen and oxygen atoms in total. The van der Waals surface area contributed by atoms with Crippen molar-refractivity contribution in [2.45, 2.75) is 26.6 Å². The molecular formula is C22H21BrClNO. The smallest absolute Gasteiger partial charge is 0.124 e. The Bertz CT molecular complexity index is 864. The number of benzene rings is 3. The molecule has 0 aliphatic rings. The topological polar surface area (TPSA) is 21.3 Å². The first-order valence-electron chi connectivity index (χ1n) is 8.53. The highest BCUT2D eigenvalue weighted by Gasteiger charge is 2.06. The molecule has 0 aliphatic carbocycles. The molecule has 0 spiro atoms. The lowest BCUT2D eigenvalue weighted by Crippen LogP contribution is -2.14. The van der Waals surface area contributed by atoms with Gasteiger partial charge in [0.25, 0.3) is 0 Å². The van der Waals surface area contributed by atoms with Crippen LogP contribution >= 0.6 is 27.5 Å². The van der Waals surface area contributed by atoms with Crippen molar-refractivity contribution in [3.8, 4) is 5.75 Å². The van der Waals surface area contributed by atoms with Crippen molar-refractivity contribution in [3.63, 3.8) is 0 Å². The average molecular weight is 431 g/mol. The largest absolute Gasteiger partial charge is 0.489 e. The zero-order valence-electron chi connectivity index (χ0n) is 14.6. The molecule has 0 aromatic heterocycles. The summed E-state index contributed by atoms with van der Waals surface area (Å²) in [7, 11) is 0. The third-order valence-electron chi connectivity index (χ3n) is 4.13. The minimum Gasteiger partial charge on any atom is -0.489 e. The Balaban J connectivity index is 1.63. The monoisotopic (exact) mass is 429 g/mol. The Kier molecular flexibility index (Phi) is 6.73. The molecule has 4 heteroatoms. The van der Waals surface area contributed by atoms with Crippen LogP contribution in [-0.2, 0) is 19.7 Å². The van der Waals surface area contributed by atoms with E-state index in [4.69, 9.17) is 16.3 Å². The number of hydrogen-bond donors (Lipinski definition) is 1. The van der Waals surface area contributed by atoms with E-state index in [1.165, 1.54) is 5.56 Å². The predicted molar refractivity (Wildman–Crippen MR) is 112 cm³/mol.